The van der Waals surface area contributed by atoms with Gasteiger partial charge in [-0.25, -0.2) is 4.79 Å². The van der Waals surface area contributed by atoms with Gasteiger partial charge < -0.3 is 10.6 Å². The summed E-state index contributed by atoms with van der Waals surface area (Å²) in [6.07, 6.45) is -1.37. The summed E-state index contributed by atoms with van der Waals surface area (Å²) in [5.74, 6) is -0.265. The fourth-order valence-corrected chi connectivity index (χ4v) is 3.51. The Labute approximate surface area is 203 Å². The van der Waals surface area contributed by atoms with E-state index in [1.54, 1.807) is 42.5 Å². The smallest absolute Gasteiger partial charge is 0.350 e. The van der Waals surface area contributed by atoms with Crippen LogP contribution >= 0.6 is 0 Å². The van der Waals surface area contributed by atoms with Gasteiger partial charge in [0.15, 0.2) is 0 Å². The minimum atomic E-state index is -4.52. The molecule has 184 valence electrons. The number of amides is 3. The number of alkyl halides is 3. The molecule has 0 aliphatic heterocycles. The average Bonchev–Trinajstić information content (AvgIpc) is 2.85. The number of aryl methyl sites for hydroxylation is 1. The molecule has 2 N–H and O–H groups in total. The second kappa shape index (κ2) is 12.1. The molecular formula is C27H28F3N3O2. The first kappa shape index (κ1) is 25.8. The highest BCUT2D eigenvalue weighted by Crippen LogP contribution is 2.30. The summed E-state index contributed by atoms with van der Waals surface area (Å²) in [7, 11) is 0. The van der Waals surface area contributed by atoms with Crippen LogP contribution in [0.25, 0.3) is 0 Å². The minimum Gasteiger partial charge on any atom is -0.350 e. The van der Waals surface area contributed by atoms with Crippen LogP contribution in [-0.4, -0.2) is 25.0 Å². The molecule has 0 unspecified atom stereocenters. The monoisotopic (exact) mass is 483 g/mol. The lowest BCUT2D eigenvalue weighted by molar-refractivity contribution is -0.137. The van der Waals surface area contributed by atoms with E-state index in [9.17, 15) is 22.8 Å². The van der Waals surface area contributed by atoms with Crippen molar-refractivity contribution in [3.63, 3.8) is 0 Å². The maximum atomic E-state index is 13.0. The molecule has 0 aliphatic carbocycles. The van der Waals surface area contributed by atoms with Crippen molar-refractivity contribution in [2.24, 2.45) is 0 Å². The minimum absolute atomic E-state index is 0.0259. The number of anilines is 2. The standard InChI is InChI=1S/C27H28F3N3O2/c1-2-3-8-20-13-15-21(16-14-20)25(34)31-17-18-33(24-11-5-4-6-12-24)26(35)32-23-10-7-9-22(19-23)27(28,29)30/h4-7,9-16,19H,2-3,8,17-18H2,1H3,(H,31,34)(H,32,35). The summed E-state index contributed by atoms with van der Waals surface area (Å²) in [6.45, 7) is 2.40. The number of hydrogen-bond donors (Lipinski definition) is 2. The fourth-order valence-electron chi connectivity index (χ4n) is 3.51. The SMILES string of the molecule is CCCCc1ccc(C(=O)NCCN(C(=O)Nc2cccc(C(F)(F)F)c2)c2ccccc2)cc1. The third-order valence-electron chi connectivity index (χ3n) is 5.41. The van der Waals surface area contributed by atoms with Crippen molar-refractivity contribution in [2.45, 2.75) is 32.4 Å². The highest BCUT2D eigenvalue weighted by atomic mass is 19.4. The average molecular weight is 484 g/mol. The highest BCUT2D eigenvalue weighted by Gasteiger charge is 2.30. The fraction of sp³-hybridized carbons (Fsp3) is 0.259. The molecule has 0 fully saturated rings. The van der Waals surface area contributed by atoms with Crippen LogP contribution in [-0.2, 0) is 12.6 Å². The largest absolute Gasteiger partial charge is 0.416 e. The number of hydrogen-bond acceptors (Lipinski definition) is 2. The van der Waals surface area contributed by atoms with E-state index < -0.39 is 17.8 Å². The molecule has 5 nitrogen and oxygen atoms in total. The number of urea groups is 1. The van der Waals surface area contributed by atoms with Gasteiger partial charge in [-0.15, -0.1) is 0 Å². The molecule has 3 aromatic carbocycles. The van der Waals surface area contributed by atoms with Crippen LogP contribution in [0, 0.1) is 0 Å². The molecule has 0 saturated carbocycles. The van der Waals surface area contributed by atoms with Gasteiger partial charge in [0.1, 0.15) is 0 Å². The molecule has 0 radical (unpaired) electrons. The lowest BCUT2D eigenvalue weighted by Crippen LogP contribution is -2.41. The van der Waals surface area contributed by atoms with E-state index in [1.165, 1.54) is 22.6 Å². The van der Waals surface area contributed by atoms with Gasteiger partial charge in [-0.1, -0.05) is 49.7 Å². The Morgan fingerprint density at radius 1 is 0.914 bits per heavy atom. The Hall–Kier alpha value is -3.81. The molecule has 0 saturated heterocycles. The van der Waals surface area contributed by atoms with Crippen LogP contribution in [0.5, 0.6) is 0 Å². The first-order valence-corrected chi connectivity index (χ1v) is 11.5. The van der Waals surface area contributed by atoms with Gasteiger partial charge >= 0.3 is 12.2 Å². The molecular weight excluding hydrogens is 455 g/mol. The lowest BCUT2D eigenvalue weighted by atomic mass is 10.1. The summed E-state index contributed by atoms with van der Waals surface area (Å²) in [6, 6.07) is 20.0. The van der Waals surface area contributed by atoms with Crippen LogP contribution in [0.2, 0.25) is 0 Å². The number of benzene rings is 3. The summed E-state index contributed by atoms with van der Waals surface area (Å²) >= 11 is 0. The molecule has 3 aromatic rings. The zero-order valence-electron chi connectivity index (χ0n) is 19.4. The van der Waals surface area contributed by atoms with Crippen molar-refractivity contribution in [1.82, 2.24) is 5.32 Å². The van der Waals surface area contributed by atoms with Gasteiger partial charge in [-0.2, -0.15) is 13.2 Å². The van der Waals surface area contributed by atoms with E-state index >= 15 is 0 Å². The van der Waals surface area contributed by atoms with Crippen LogP contribution in [0.4, 0.5) is 29.3 Å². The molecule has 3 rings (SSSR count). The number of nitrogens with one attached hydrogen (secondary N) is 2. The molecule has 0 bridgehead atoms. The van der Waals surface area contributed by atoms with E-state index in [1.807, 2.05) is 12.1 Å². The number of carbonyl (C=O) groups excluding carboxylic acids is 2. The van der Waals surface area contributed by atoms with Crippen molar-refractivity contribution in [3.05, 3.63) is 95.6 Å². The normalized spacial score (nSPS) is 11.1. The van der Waals surface area contributed by atoms with Crippen LogP contribution < -0.4 is 15.5 Å². The Morgan fingerprint density at radius 3 is 2.29 bits per heavy atom. The van der Waals surface area contributed by atoms with Crippen molar-refractivity contribution in [3.8, 4) is 0 Å². The van der Waals surface area contributed by atoms with Crippen molar-refractivity contribution in [2.75, 3.05) is 23.3 Å². The lowest BCUT2D eigenvalue weighted by Gasteiger charge is -2.23. The van der Waals surface area contributed by atoms with Gasteiger partial charge in [0.05, 0.1) is 5.56 Å². The molecule has 8 heteroatoms. The van der Waals surface area contributed by atoms with Gasteiger partial charge in [0.2, 0.25) is 0 Å². The number of halogens is 3. The van der Waals surface area contributed by atoms with Crippen LogP contribution in [0.1, 0.15) is 41.3 Å². The van der Waals surface area contributed by atoms with E-state index in [4.69, 9.17) is 0 Å². The number of rotatable bonds is 9. The summed E-state index contributed by atoms with van der Waals surface area (Å²) in [5, 5.41) is 5.32. The molecule has 0 aliphatic rings. The van der Waals surface area contributed by atoms with Gasteiger partial charge in [-0.05, 0) is 60.9 Å². The Balaban J connectivity index is 1.65. The maximum absolute atomic E-state index is 13.0. The van der Waals surface area contributed by atoms with Crippen molar-refractivity contribution < 1.29 is 22.8 Å². The molecule has 3 amide bonds. The van der Waals surface area contributed by atoms with Crippen molar-refractivity contribution >= 4 is 23.3 Å². The third kappa shape index (κ3) is 7.60. The van der Waals surface area contributed by atoms with Crippen molar-refractivity contribution in [1.29, 1.82) is 0 Å². The second-order valence-corrected chi connectivity index (χ2v) is 8.05. The van der Waals surface area contributed by atoms with E-state index in [-0.39, 0.29) is 24.7 Å². The molecule has 0 aromatic heterocycles. The van der Waals surface area contributed by atoms with Gasteiger partial charge in [0.25, 0.3) is 5.91 Å². The summed E-state index contributed by atoms with van der Waals surface area (Å²) in [5.41, 5.74) is 1.41. The highest BCUT2D eigenvalue weighted by molar-refractivity contribution is 6.02. The predicted molar refractivity (Wildman–Crippen MR) is 132 cm³/mol. The zero-order valence-corrected chi connectivity index (χ0v) is 19.4. The number of unbranched alkanes of at least 4 members (excludes halogenated alkanes) is 1. The van der Waals surface area contributed by atoms with Gasteiger partial charge in [0, 0.05) is 30.0 Å². The first-order valence-electron chi connectivity index (χ1n) is 11.5. The number of nitrogens with zero attached hydrogens (tertiary/aromatic N) is 1. The van der Waals surface area contributed by atoms with Crippen LogP contribution in [0.3, 0.4) is 0 Å². The topological polar surface area (TPSA) is 61.4 Å². The molecule has 35 heavy (non-hydrogen) atoms. The third-order valence-corrected chi connectivity index (χ3v) is 5.41. The maximum Gasteiger partial charge on any atom is 0.416 e. The predicted octanol–water partition coefficient (Wildman–Crippen LogP) is 6.52. The van der Waals surface area contributed by atoms with E-state index in [0.29, 0.717) is 11.3 Å². The van der Waals surface area contributed by atoms with E-state index in [0.717, 1.165) is 31.4 Å². The number of carbonyl (C=O) groups is 2. The Morgan fingerprint density at radius 2 is 1.63 bits per heavy atom. The Kier molecular flexibility index (Phi) is 8.89. The zero-order chi connectivity index (χ0) is 25.3. The molecule has 0 atom stereocenters. The molecule has 0 spiro atoms. The van der Waals surface area contributed by atoms with E-state index in [2.05, 4.69) is 17.6 Å². The first-order chi connectivity index (χ1) is 16.8. The Bertz CT molecular complexity index is 1120. The molecule has 0 heterocycles. The van der Waals surface area contributed by atoms with Crippen LogP contribution in [0.15, 0.2) is 78.9 Å². The summed E-state index contributed by atoms with van der Waals surface area (Å²) < 4.78 is 39.1. The summed E-state index contributed by atoms with van der Waals surface area (Å²) in [4.78, 5) is 26.9. The number of para-hydroxylation sites is 1. The quantitative estimate of drug-likeness (QED) is 0.364. The second-order valence-electron chi connectivity index (χ2n) is 8.05. The van der Waals surface area contributed by atoms with Gasteiger partial charge in [-0.3, -0.25) is 9.69 Å².